The molecule has 22 heavy (non-hydrogen) atoms. The van der Waals surface area contributed by atoms with Crippen LogP contribution in [0.2, 0.25) is 5.02 Å². The molecule has 0 aliphatic heterocycles. The summed E-state index contributed by atoms with van der Waals surface area (Å²) in [4.78, 5) is 11.4. The van der Waals surface area contributed by atoms with Crippen molar-refractivity contribution >= 4 is 27.5 Å². The summed E-state index contributed by atoms with van der Waals surface area (Å²) in [5, 5.41) is 2.87. The van der Waals surface area contributed by atoms with Crippen LogP contribution < -0.4 is 10.1 Å². The molecule has 8 heteroatoms. The van der Waals surface area contributed by atoms with E-state index in [4.69, 9.17) is 16.3 Å². The highest BCUT2D eigenvalue weighted by Crippen LogP contribution is 2.29. The van der Waals surface area contributed by atoms with E-state index >= 15 is 0 Å². The Morgan fingerprint density at radius 1 is 1.27 bits per heavy atom. The summed E-state index contributed by atoms with van der Waals surface area (Å²) >= 11 is 5.91. The van der Waals surface area contributed by atoms with Gasteiger partial charge >= 0.3 is 0 Å². The lowest BCUT2D eigenvalue weighted by atomic mass is 10.3. The molecule has 0 spiro atoms. The second-order valence-electron chi connectivity index (χ2n) is 4.42. The van der Waals surface area contributed by atoms with Gasteiger partial charge < -0.3 is 10.1 Å². The largest absolute Gasteiger partial charge is 0.482 e. The summed E-state index contributed by atoms with van der Waals surface area (Å²) in [6, 6.07) is 4.32. The van der Waals surface area contributed by atoms with Gasteiger partial charge in [0.05, 0.1) is 0 Å². The molecule has 1 aromatic rings. The smallest absolute Gasteiger partial charge is 0.257 e. The SMILES string of the molecule is CCNC(=O)COc1ccc(Cl)cc1S(=O)(=O)N(CC)CC. The van der Waals surface area contributed by atoms with E-state index in [1.165, 1.54) is 22.5 Å². The zero-order valence-electron chi connectivity index (χ0n) is 12.9. The number of rotatable bonds is 8. The summed E-state index contributed by atoms with van der Waals surface area (Å²) in [6.45, 7) is 6.18. The Bertz CT molecular complexity index is 615. The molecule has 0 fully saturated rings. The van der Waals surface area contributed by atoms with E-state index < -0.39 is 10.0 Å². The zero-order chi connectivity index (χ0) is 16.8. The summed E-state index contributed by atoms with van der Waals surface area (Å²) in [7, 11) is -3.72. The Hall–Kier alpha value is -1.31. The number of nitrogens with one attached hydrogen (secondary N) is 1. The molecule has 0 heterocycles. The van der Waals surface area contributed by atoms with Gasteiger partial charge in [0.25, 0.3) is 5.91 Å². The lowest BCUT2D eigenvalue weighted by Crippen LogP contribution is -2.32. The van der Waals surface area contributed by atoms with E-state index in [9.17, 15) is 13.2 Å². The lowest BCUT2D eigenvalue weighted by molar-refractivity contribution is -0.123. The van der Waals surface area contributed by atoms with Crippen LogP contribution in [0.1, 0.15) is 20.8 Å². The summed E-state index contributed by atoms with van der Waals surface area (Å²) < 4.78 is 31.9. The van der Waals surface area contributed by atoms with Gasteiger partial charge in [-0.1, -0.05) is 25.4 Å². The fourth-order valence-corrected chi connectivity index (χ4v) is 3.75. The highest BCUT2D eigenvalue weighted by atomic mass is 35.5. The lowest BCUT2D eigenvalue weighted by Gasteiger charge is -2.20. The summed E-state index contributed by atoms with van der Waals surface area (Å²) in [6.07, 6.45) is 0. The van der Waals surface area contributed by atoms with Crippen molar-refractivity contribution < 1.29 is 17.9 Å². The Morgan fingerprint density at radius 2 is 1.91 bits per heavy atom. The molecule has 0 aromatic heterocycles. The van der Waals surface area contributed by atoms with Gasteiger partial charge in [-0.25, -0.2) is 8.42 Å². The highest BCUT2D eigenvalue weighted by molar-refractivity contribution is 7.89. The molecule has 1 aromatic carbocycles. The zero-order valence-corrected chi connectivity index (χ0v) is 14.5. The molecular weight excluding hydrogens is 328 g/mol. The third-order valence-electron chi connectivity index (χ3n) is 2.96. The minimum atomic E-state index is -3.72. The van der Waals surface area contributed by atoms with Gasteiger partial charge in [0.15, 0.2) is 6.61 Å². The van der Waals surface area contributed by atoms with Crippen molar-refractivity contribution in [2.45, 2.75) is 25.7 Å². The van der Waals surface area contributed by atoms with Crippen molar-refractivity contribution in [3.63, 3.8) is 0 Å². The number of sulfonamides is 1. The second-order valence-corrected chi connectivity index (χ2v) is 6.77. The standard InChI is InChI=1S/C14H21ClN2O4S/c1-4-16-14(18)10-21-12-8-7-11(15)9-13(12)22(19,20)17(5-2)6-3/h7-9H,4-6,10H2,1-3H3,(H,16,18). The number of carbonyl (C=O) groups is 1. The van der Waals surface area contributed by atoms with Gasteiger partial charge in [-0.15, -0.1) is 0 Å². The molecule has 0 aliphatic carbocycles. The molecular formula is C14H21ClN2O4S. The predicted molar refractivity (Wildman–Crippen MR) is 85.7 cm³/mol. The predicted octanol–water partition coefficient (Wildman–Crippen LogP) is 1.89. The first-order valence-electron chi connectivity index (χ1n) is 7.05. The van der Waals surface area contributed by atoms with E-state index in [0.717, 1.165) is 0 Å². The van der Waals surface area contributed by atoms with Crippen LogP contribution in [-0.4, -0.2) is 44.9 Å². The molecule has 0 bridgehead atoms. The molecule has 0 radical (unpaired) electrons. The summed E-state index contributed by atoms with van der Waals surface area (Å²) in [5.41, 5.74) is 0. The van der Waals surface area contributed by atoms with Crippen LogP contribution in [0.15, 0.2) is 23.1 Å². The van der Waals surface area contributed by atoms with E-state index in [1.54, 1.807) is 20.8 Å². The molecule has 0 unspecified atom stereocenters. The summed E-state index contributed by atoms with van der Waals surface area (Å²) in [5.74, 6) is -0.203. The number of ether oxygens (including phenoxy) is 1. The third-order valence-corrected chi connectivity index (χ3v) is 5.27. The number of nitrogens with zero attached hydrogens (tertiary/aromatic N) is 1. The maximum absolute atomic E-state index is 12.6. The first kappa shape index (κ1) is 18.7. The molecule has 0 saturated heterocycles. The Kier molecular flexibility index (Phi) is 7.12. The Balaban J connectivity index is 3.13. The van der Waals surface area contributed by atoms with Gasteiger partial charge in [-0.2, -0.15) is 4.31 Å². The number of benzene rings is 1. The molecule has 6 nitrogen and oxygen atoms in total. The molecule has 0 aliphatic rings. The number of halogens is 1. The minimum Gasteiger partial charge on any atom is -0.482 e. The Morgan fingerprint density at radius 3 is 2.45 bits per heavy atom. The van der Waals surface area contributed by atoms with E-state index in [2.05, 4.69) is 5.32 Å². The number of likely N-dealkylation sites (N-methyl/N-ethyl adjacent to an activating group) is 1. The first-order valence-corrected chi connectivity index (χ1v) is 8.87. The quantitative estimate of drug-likeness (QED) is 0.778. The van der Waals surface area contributed by atoms with Crippen LogP contribution in [0, 0.1) is 0 Å². The van der Waals surface area contributed by atoms with Gasteiger partial charge in [-0.3, -0.25) is 4.79 Å². The normalized spacial score (nSPS) is 11.5. The monoisotopic (exact) mass is 348 g/mol. The van der Waals surface area contributed by atoms with Crippen LogP contribution in [0.5, 0.6) is 5.75 Å². The number of carbonyl (C=O) groups excluding carboxylic acids is 1. The molecule has 124 valence electrons. The van der Waals surface area contributed by atoms with Crippen molar-refractivity contribution in [3.8, 4) is 5.75 Å². The van der Waals surface area contributed by atoms with E-state index in [-0.39, 0.29) is 28.2 Å². The van der Waals surface area contributed by atoms with Crippen molar-refractivity contribution in [2.75, 3.05) is 26.2 Å². The minimum absolute atomic E-state index is 0.0343. The van der Waals surface area contributed by atoms with E-state index in [1.807, 2.05) is 0 Å². The second kappa shape index (κ2) is 8.36. The van der Waals surface area contributed by atoms with Gasteiger partial charge in [0.2, 0.25) is 10.0 Å². The van der Waals surface area contributed by atoms with Crippen LogP contribution in [-0.2, 0) is 14.8 Å². The Labute approximate surface area is 136 Å². The highest BCUT2D eigenvalue weighted by Gasteiger charge is 2.26. The van der Waals surface area contributed by atoms with Crippen molar-refractivity contribution in [2.24, 2.45) is 0 Å². The average Bonchev–Trinajstić information content (AvgIpc) is 2.47. The fourth-order valence-electron chi connectivity index (χ4n) is 1.90. The number of hydrogen-bond acceptors (Lipinski definition) is 4. The van der Waals surface area contributed by atoms with Gasteiger partial charge in [0.1, 0.15) is 10.6 Å². The number of hydrogen-bond donors (Lipinski definition) is 1. The number of amides is 1. The van der Waals surface area contributed by atoms with Crippen LogP contribution >= 0.6 is 11.6 Å². The van der Waals surface area contributed by atoms with Crippen LogP contribution in [0.4, 0.5) is 0 Å². The van der Waals surface area contributed by atoms with Crippen molar-refractivity contribution in [3.05, 3.63) is 23.2 Å². The molecule has 1 N–H and O–H groups in total. The third kappa shape index (κ3) is 4.59. The first-order chi connectivity index (χ1) is 10.4. The maximum atomic E-state index is 12.6. The van der Waals surface area contributed by atoms with Crippen LogP contribution in [0.3, 0.4) is 0 Å². The average molecular weight is 349 g/mol. The van der Waals surface area contributed by atoms with Gasteiger partial charge in [0, 0.05) is 24.7 Å². The van der Waals surface area contributed by atoms with Crippen molar-refractivity contribution in [1.29, 1.82) is 0 Å². The van der Waals surface area contributed by atoms with Crippen molar-refractivity contribution in [1.82, 2.24) is 9.62 Å². The van der Waals surface area contributed by atoms with Gasteiger partial charge in [-0.05, 0) is 25.1 Å². The maximum Gasteiger partial charge on any atom is 0.257 e. The van der Waals surface area contributed by atoms with Crippen LogP contribution in [0.25, 0.3) is 0 Å². The molecule has 1 rings (SSSR count). The fraction of sp³-hybridized carbons (Fsp3) is 0.500. The molecule has 0 saturated carbocycles. The topological polar surface area (TPSA) is 75.7 Å². The van der Waals surface area contributed by atoms with E-state index in [0.29, 0.717) is 19.6 Å². The molecule has 0 atom stereocenters. The molecule has 1 amide bonds.